The monoisotopic (exact) mass is 365 g/mol. The van der Waals surface area contributed by atoms with E-state index in [2.05, 4.69) is 21.2 Å². The summed E-state index contributed by atoms with van der Waals surface area (Å²) in [4.78, 5) is 11.5. The van der Waals surface area contributed by atoms with E-state index in [1.165, 1.54) is 6.07 Å². The molecule has 0 fully saturated rings. The largest absolute Gasteiger partial charge is 0.324 e. The van der Waals surface area contributed by atoms with Gasteiger partial charge in [0, 0.05) is 21.8 Å². The maximum absolute atomic E-state index is 14.1. The van der Waals surface area contributed by atoms with E-state index in [0.29, 0.717) is 27.4 Å². The van der Waals surface area contributed by atoms with Crippen LogP contribution in [0.3, 0.4) is 0 Å². The molecule has 0 saturated heterocycles. The molecule has 1 atom stereocenters. The van der Waals surface area contributed by atoms with Gasteiger partial charge in [-0.1, -0.05) is 51.8 Å². The van der Waals surface area contributed by atoms with Crippen LogP contribution in [0.5, 0.6) is 0 Å². The number of halogens is 3. The molecular weight excluding hydrogens is 357 g/mol. The van der Waals surface area contributed by atoms with Crippen molar-refractivity contribution in [1.82, 2.24) is 0 Å². The summed E-state index contributed by atoms with van der Waals surface area (Å²) in [5, 5.41) is 3.33. The zero-order valence-corrected chi connectivity index (χ0v) is 13.1. The average Bonchev–Trinajstić information content (AvgIpc) is 2.58. The van der Waals surface area contributed by atoms with Crippen LogP contribution in [0.25, 0.3) is 5.57 Å². The van der Waals surface area contributed by atoms with E-state index in [1.807, 2.05) is 0 Å². The van der Waals surface area contributed by atoms with Gasteiger partial charge in [-0.05, 0) is 29.8 Å². The molecule has 1 unspecified atom stereocenters. The van der Waals surface area contributed by atoms with Crippen molar-refractivity contribution >= 4 is 44.7 Å². The molecule has 0 radical (unpaired) electrons. The van der Waals surface area contributed by atoms with Gasteiger partial charge in [-0.2, -0.15) is 0 Å². The third-order valence-electron chi connectivity index (χ3n) is 3.26. The molecule has 1 aliphatic heterocycles. The highest BCUT2D eigenvalue weighted by Gasteiger charge is 2.23. The lowest BCUT2D eigenvalue weighted by Gasteiger charge is -2.12. The SMILES string of the molecule is O=C1Nc2ccc(Cl)cc2C(c2ccccc2F)=CC1Br. The van der Waals surface area contributed by atoms with Gasteiger partial charge in [-0.15, -0.1) is 0 Å². The number of amides is 1. The number of carbonyl (C=O) groups is 1. The van der Waals surface area contributed by atoms with Crippen molar-refractivity contribution in [1.29, 1.82) is 0 Å². The number of rotatable bonds is 1. The van der Waals surface area contributed by atoms with Gasteiger partial charge in [0.05, 0.1) is 0 Å². The Bertz CT molecular complexity index is 760. The van der Waals surface area contributed by atoms with Crippen LogP contribution in [-0.2, 0) is 4.79 Å². The highest BCUT2D eigenvalue weighted by atomic mass is 79.9. The van der Waals surface area contributed by atoms with Crippen LogP contribution in [0.15, 0.2) is 48.5 Å². The number of fused-ring (bicyclic) bond motifs is 1. The second-order valence-electron chi connectivity index (χ2n) is 4.64. The molecule has 0 aromatic heterocycles. The Morgan fingerprint density at radius 2 is 1.90 bits per heavy atom. The highest BCUT2D eigenvalue weighted by molar-refractivity contribution is 9.10. The number of alkyl halides is 1. The van der Waals surface area contributed by atoms with Gasteiger partial charge < -0.3 is 5.32 Å². The van der Waals surface area contributed by atoms with Gasteiger partial charge in [0.2, 0.25) is 5.91 Å². The summed E-state index contributed by atoms with van der Waals surface area (Å²) in [5.41, 5.74) is 2.37. The third-order valence-corrected chi connectivity index (χ3v) is 4.17. The zero-order chi connectivity index (χ0) is 15.0. The predicted octanol–water partition coefficient (Wildman–Crippen LogP) is 4.63. The number of nitrogens with one attached hydrogen (secondary N) is 1. The lowest BCUT2D eigenvalue weighted by molar-refractivity contribution is -0.114. The normalized spacial score (nSPS) is 17.6. The van der Waals surface area contributed by atoms with Crippen molar-refractivity contribution in [2.24, 2.45) is 0 Å². The van der Waals surface area contributed by atoms with Crippen LogP contribution in [0, 0.1) is 5.82 Å². The standard InChI is InChI=1S/C16H10BrClFNO/c17-13-8-11(10-3-1-2-4-14(10)19)12-7-9(18)5-6-15(12)20-16(13)21/h1-8,13H,(H,20,21). The van der Waals surface area contributed by atoms with Crippen LogP contribution >= 0.6 is 27.5 Å². The van der Waals surface area contributed by atoms with Gasteiger partial charge in [0.1, 0.15) is 10.6 Å². The maximum Gasteiger partial charge on any atom is 0.242 e. The lowest BCUT2D eigenvalue weighted by atomic mass is 9.96. The first-order valence-electron chi connectivity index (χ1n) is 6.28. The molecule has 1 aliphatic rings. The minimum absolute atomic E-state index is 0.204. The van der Waals surface area contributed by atoms with Crippen LogP contribution < -0.4 is 5.32 Å². The van der Waals surface area contributed by atoms with Crippen LogP contribution in [0.1, 0.15) is 11.1 Å². The number of anilines is 1. The topological polar surface area (TPSA) is 29.1 Å². The molecule has 1 amide bonds. The van der Waals surface area contributed by atoms with E-state index in [-0.39, 0.29) is 11.7 Å². The molecule has 0 aliphatic carbocycles. The van der Waals surface area contributed by atoms with Crippen molar-refractivity contribution in [2.75, 3.05) is 5.32 Å². The summed E-state index contributed by atoms with van der Waals surface area (Å²) >= 11 is 9.35. The number of hydrogen-bond acceptors (Lipinski definition) is 1. The molecule has 1 N–H and O–H groups in total. The van der Waals surface area contributed by atoms with Gasteiger partial charge in [0.25, 0.3) is 0 Å². The fourth-order valence-corrected chi connectivity index (χ4v) is 2.83. The Kier molecular flexibility index (Phi) is 3.83. The summed E-state index contributed by atoms with van der Waals surface area (Å²) in [6.45, 7) is 0. The minimum atomic E-state index is -0.543. The average molecular weight is 367 g/mol. The van der Waals surface area contributed by atoms with E-state index in [9.17, 15) is 9.18 Å². The van der Waals surface area contributed by atoms with Crippen molar-refractivity contribution in [3.8, 4) is 0 Å². The number of carbonyl (C=O) groups excluding carboxylic acids is 1. The van der Waals surface area contributed by atoms with E-state index in [4.69, 9.17) is 11.6 Å². The summed E-state index contributed by atoms with van der Waals surface area (Å²) in [7, 11) is 0. The molecule has 106 valence electrons. The van der Waals surface area contributed by atoms with Crippen molar-refractivity contribution in [3.05, 3.63) is 70.5 Å². The van der Waals surface area contributed by atoms with Gasteiger partial charge in [-0.3, -0.25) is 4.79 Å². The fraction of sp³-hybridized carbons (Fsp3) is 0.0625. The molecule has 5 heteroatoms. The van der Waals surface area contributed by atoms with Crippen LogP contribution in [0.2, 0.25) is 5.02 Å². The molecule has 0 spiro atoms. The van der Waals surface area contributed by atoms with Crippen molar-refractivity contribution in [3.63, 3.8) is 0 Å². The van der Waals surface area contributed by atoms with E-state index in [0.717, 1.165) is 0 Å². The smallest absolute Gasteiger partial charge is 0.242 e. The first-order chi connectivity index (χ1) is 10.1. The first-order valence-corrected chi connectivity index (χ1v) is 7.57. The summed E-state index contributed by atoms with van der Waals surface area (Å²) in [6.07, 6.45) is 1.69. The Morgan fingerprint density at radius 1 is 1.14 bits per heavy atom. The second kappa shape index (κ2) is 5.62. The minimum Gasteiger partial charge on any atom is -0.324 e. The molecular formula is C16H10BrClFNO. The Morgan fingerprint density at radius 3 is 2.67 bits per heavy atom. The second-order valence-corrected chi connectivity index (χ2v) is 6.06. The quantitative estimate of drug-likeness (QED) is 0.733. The summed E-state index contributed by atoms with van der Waals surface area (Å²) in [5.74, 6) is -0.548. The lowest BCUT2D eigenvalue weighted by Crippen LogP contribution is -2.19. The van der Waals surface area contributed by atoms with Crippen LogP contribution in [-0.4, -0.2) is 10.7 Å². The maximum atomic E-state index is 14.1. The Hall–Kier alpha value is -1.65. The Balaban J connectivity index is 2.27. The summed E-state index contributed by atoms with van der Waals surface area (Å²) < 4.78 is 14.1. The Labute approximate surface area is 134 Å². The molecule has 2 aromatic carbocycles. The van der Waals surface area contributed by atoms with Crippen molar-refractivity contribution < 1.29 is 9.18 Å². The van der Waals surface area contributed by atoms with Crippen LogP contribution in [0.4, 0.5) is 10.1 Å². The number of hydrogen-bond donors (Lipinski definition) is 1. The third kappa shape index (κ3) is 2.74. The summed E-state index contributed by atoms with van der Waals surface area (Å²) in [6, 6.07) is 11.6. The van der Waals surface area contributed by atoms with Crippen molar-refractivity contribution in [2.45, 2.75) is 4.83 Å². The van der Waals surface area contributed by atoms with Gasteiger partial charge in [0.15, 0.2) is 0 Å². The molecule has 3 rings (SSSR count). The van der Waals surface area contributed by atoms with E-state index >= 15 is 0 Å². The van der Waals surface area contributed by atoms with E-state index in [1.54, 1.807) is 42.5 Å². The van der Waals surface area contributed by atoms with Gasteiger partial charge in [-0.25, -0.2) is 4.39 Å². The molecule has 2 nitrogen and oxygen atoms in total. The molecule has 2 aromatic rings. The van der Waals surface area contributed by atoms with E-state index < -0.39 is 4.83 Å². The molecule has 0 bridgehead atoms. The number of benzene rings is 2. The first kappa shape index (κ1) is 14.3. The molecule has 21 heavy (non-hydrogen) atoms. The molecule has 1 heterocycles. The molecule has 0 saturated carbocycles. The highest BCUT2D eigenvalue weighted by Crippen LogP contribution is 2.36. The predicted molar refractivity (Wildman–Crippen MR) is 86.3 cm³/mol. The van der Waals surface area contributed by atoms with Gasteiger partial charge >= 0.3 is 0 Å². The zero-order valence-electron chi connectivity index (χ0n) is 10.7. The fourth-order valence-electron chi connectivity index (χ4n) is 2.28.